The Kier molecular flexibility index (Phi) is 6.01. The number of fused-ring (bicyclic) bond motifs is 1. The van der Waals surface area contributed by atoms with E-state index in [0.717, 1.165) is 11.1 Å². The Labute approximate surface area is 192 Å². The number of methoxy groups -OCH3 is 2. The summed E-state index contributed by atoms with van der Waals surface area (Å²) in [4.78, 5) is 12.9. The number of halogens is 3. The Hall–Kier alpha value is -4.28. The van der Waals surface area contributed by atoms with E-state index >= 15 is 0 Å². The first-order chi connectivity index (χ1) is 16.2. The molecule has 0 aliphatic rings. The van der Waals surface area contributed by atoms with Crippen LogP contribution in [0.3, 0.4) is 0 Å². The Morgan fingerprint density at radius 2 is 1.65 bits per heavy atom. The highest BCUT2D eigenvalue weighted by molar-refractivity contribution is 5.84. The van der Waals surface area contributed by atoms with Crippen molar-refractivity contribution in [2.45, 2.75) is 13.3 Å². The van der Waals surface area contributed by atoms with Gasteiger partial charge >= 0.3 is 6.36 Å². The fourth-order valence-corrected chi connectivity index (χ4v) is 3.44. The summed E-state index contributed by atoms with van der Waals surface area (Å²) in [6, 6.07) is 9.13. The number of pyridine rings is 1. The smallest absolute Gasteiger partial charge is 0.493 e. The van der Waals surface area contributed by atoms with E-state index in [1.807, 2.05) is 13.0 Å². The van der Waals surface area contributed by atoms with Crippen molar-refractivity contribution in [3.05, 3.63) is 54.4 Å². The molecule has 0 saturated heterocycles. The third kappa shape index (κ3) is 4.87. The molecular weight excluding hydrogens is 451 g/mol. The fourth-order valence-electron chi connectivity index (χ4n) is 3.44. The number of aryl methyl sites for hydroxylation is 1. The van der Waals surface area contributed by atoms with Gasteiger partial charge in [0.05, 0.1) is 31.6 Å². The maximum atomic E-state index is 12.5. The van der Waals surface area contributed by atoms with Crippen molar-refractivity contribution in [2.24, 2.45) is 0 Å². The van der Waals surface area contributed by atoms with Crippen LogP contribution in [0.1, 0.15) is 5.56 Å². The number of rotatable bonds is 6. The van der Waals surface area contributed by atoms with Crippen LogP contribution in [0.2, 0.25) is 0 Å². The van der Waals surface area contributed by atoms with Crippen molar-refractivity contribution in [1.29, 1.82) is 0 Å². The highest BCUT2D eigenvalue weighted by Crippen LogP contribution is 2.37. The van der Waals surface area contributed by atoms with Gasteiger partial charge in [0.25, 0.3) is 0 Å². The summed E-state index contributed by atoms with van der Waals surface area (Å²) in [6.45, 7) is 1.90. The minimum atomic E-state index is -4.78. The van der Waals surface area contributed by atoms with E-state index in [4.69, 9.17) is 15.2 Å². The van der Waals surface area contributed by atoms with Gasteiger partial charge in [-0.3, -0.25) is 4.98 Å². The fraction of sp³-hybridized carbons (Fsp3) is 0.174. The molecule has 0 saturated carbocycles. The summed E-state index contributed by atoms with van der Waals surface area (Å²) in [5.74, 6) is 1.22. The molecular formula is C23H20F3N5O3. The summed E-state index contributed by atoms with van der Waals surface area (Å²) < 4.78 is 52.2. The molecule has 2 heterocycles. The van der Waals surface area contributed by atoms with Crippen LogP contribution in [0.15, 0.2) is 48.8 Å². The molecule has 0 bridgehead atoms. The van der Waals surface area contributed by atoms with Crippen LogP contribution in [-0.4, -0.2) is 35.5 Å². The molecule has 0 amide bonds. The number of ether oxygens (including phenoxy) is 3. The van der Waals surface area contributed by atoms with E-state index in [9.17, 15) is 13.2 Å². The minimum absolute atomic E-state index is 0.197. The molecule has 0 radical (unpaired) electrons. The predicted molar refractivity (Wildman–Crippen MR) is 121 cm³/mol. The molecule has 2 aromatic carbocycles. The third-order valence-electron chi connectivity index (χ3n) is 4.98. The monoisotopic (exact) mass is 471 g/mol. The largest absolute Gasteiger partial charge is 0.573 e. The maximum absolute atomic E-state index is 12.5. The highest BCUT2D eigenvalue weighted by atomic mass is 19.4. The number of hydrogen-bond donors (Lipinski definition) is 2. The van der Waals surface area contributed by atoms with E-state index in [2.05, 4.69) is 25.0 Å². The van der Waals surface area contributed by atoms with Gasteiger partial charge in [-0.2, -0.15) is 4.98 Å². The lowest BCUT2D eigenvalue weighted by atomic mass is 10.0. The van der Waals surface area contributed by atoms with Crippen LogP contribution < -0.4 is 25.3 Å². The van der Waals surface area contributed by atoms with Crippen molar-refractivity contribution in [2.75, 3.05) is 25.3 Å². The quantitative estimate of drug-likeness (QED) is 0.393. The zero-order valence-corrected chi connectivity index (χ0v) is 18.4. The average molecular weight is 471 g/mol. The summed E-state index contributed by atoms with van der Waals surface area (Å²) in [7, 11) is 3.10. The van der Waals surface area contributed by atoms with Gasteiger partial charge in [0.2, 0.25) is 5.95 Å². The van der Waals surface area contributed by atoms with Crippen LogP contribution in [0.4, 0.5) is 30.6 Å². The number of alkyl halides is 3. The summed E-state index contributed by atoms with van der Waals surface area (Å²) in [6.07, 6.45) is -1.70. The van der Waals surface area contributed by atoms with E-state index in [1.54, 1.807) is 32.5 Å². The van der Waals surface area contributed by atoms with Crippen LogP contribution in [-0.2, 0) is 0 Å². The lowest BCUT2D eigenvalue weighted by molar-refractivity contribution is -0.274. The molecule has 0 spiro atoms. The first-order valence-electron chi connectivity index (χ1n) is 9.95. The SMILES string of the molecule is COc1cc(C)c(-c2cnc(Nc3cnc4ccc(OC(F)(F)F)cc4c3)nc2N)cc1OC. The number of benzene rings is 2. The van der Waals surface area contributed by atoms with E-state index in [1.165, 1.54) is 24.4 Å². The predicted octanol–water partition coefficient (Wildman–Crippen LogP) is 5.24. The number of aromatic nitrogens is 3. The number of nitrogens with zero attached hydrogens (tertiary/aromatic N) is 3. The van der Waals surface area contributed by atoms with Crippen molar-refractivity contribution in [3.8, 4) is 28.4 Å². The Bertz CT molecular complexity index is 1360. The van der Waals surface area contributed by atoms with Gasteiger partial charge in [0, 0.05) is 17.1 Å². The van der Waals surface area contributed by atoms with Crippen molar-refractivity contribution < 1.29 is 27.4 Å². The third-order valence-corrected chi connectivity index (χ3v) is 4.98. The molecule has 34 heavy (non-hydrogen) atoms. The molecule has 176 valence electrons. The lowest BCUT2D eigenvalue weighted by Crippen LogP contribution is -2.17. The first-order valence-corrected chi connectivity index (χ1v) is 9.95. The number of hydrogen-bond acceptors (Lipinski definition) is 8. The molecule has 0 atom stereocenters. The number of nitrogen functional groups attached to an aromatic ring is 1. The summed E-state index contributed by atoms with van der Waals surface area (Å²) in [5, 5.41) is 3.41. The second-order valence-electron chi connectivity index (χ2n) is 7.27. The zero-order chi connectivity index (χ0) is 24.5. The van der Waals surface area contributed by atoms with E-state index < -0.39 is 6.36 Å². The van der Waals surface area contributed by atoms with Gasteiger partial charge in [-0.15, -0.1) is 13.2 Å². The Morgan fingerprint density at radius 1 is 0.912 bits per heavy atom. The van der Waals surface area contributed by atoms with Gasteiger partial charge in [-0.05, 0) is 54.4 Å². The molecule has 11 heteroatoms. The van der Waals surface area contributed by atoms with Gasteiger partial charge in [-0.25, -0.2) is 4.98 Å². The van der Waals surface area contributed by atoms with Crippen molar-refractivity contribution >= 4 is 28.4 Å². The standard InChI is InChI=1S/C23H20F3N5O3/c1-12-6-19(32-2)20(33-3)9-16(12)17-11-29-22(31-21(17)27)30-14-7-13-8-15(34-23(24,25)26)4-5-18(13)28-10-14/h4-11H,1-3H3,(H3,27,29,30,31). The second kappa shape index (κ2) is 8.93. The summed E-state index contributed by atoms with van der Waals surface area (Å²) >= 11 is 0. The van der Waals surface area contributed by atoms with E-state index in [0.29, 0.717) is 33.7 Å². The number of anilines is 3. The molecule has 0 unspecified atom stereocenters. The zero-order valence-electron chi connectivity index (χ0n) is 18.4. The molecule has 0 aliphatic carbocycles. The van der Waals surface area contributed by atoms with Crippen LogP contribution >= 0.6 is 0 Å². The molecule has 8 nitrogen and oxygen atoms in total. The molecule has 2 aromatic heterocycles. The summed E-state index contributed by atoms with van der Waals surface area (Å²) in [5.41, 5.74) is 9.45. The first kappa shape index (κ1) is 22.9. The van der Waals surface area contributed by atoms with Crippen molar-refractivity contribution in [1.82, 2.24) is 15.0 Å². The molecule has 0 fully saturated rings. The van der Waals surface area contributed by atoms with Gasteiger partial charge < -0.3 is 25.3 Å². The van der Waals surface area contributed by atoms with Gasteiger partial charge in [0.15, 0.2) is 11.5 Å². The van der Waals surface area contributed by atoms with Crippen LogP contribution in [0, 0.1) is 6.92 Å². The minimum Gasteiger partial charge on any atom is -0.493 e. The van der Waals surface area contributed by atoms with E-state index in [-0.39, 0.29) is 17.5 Å². The highest BCUT2D eigenvalue weighted by Gasteiger charge is 2.31. The van der Waals surface area contributed by atoms with Gasteiger partial charge in [0.1, 0.15) is 11.6 Å². The lowest BCUT2D eigenvalue weighted by Gasteiger charge is -2.14. The Morgan fingerprint density at radius 3 is 2.32 bits per heavy atom. The Balaban J connectivity index is 1.61. The topological polar surface area (TPSA) is 104 Å². The van der Waals surface area contributed by atoms with Crippen LogP contribution in [0.25, 0.3) is 22.0 Å². The van der Waals surface area contributed by atoms with Crippen LogP contribution in [0.5, 0.6) is 17.2 Å². The average Bonchev–Trinajstić information content (AvgIpc) is 2.78. The molecule has 3 N–H and O–H groups in total. The van der Waals surface area contributed by atoms with Crippen molar-refractivity contribution in [3.63, 3.8) is 0 Å². The maximum Gasteiger partial charge on any atom is 0.573 e. The second-order valence-corrected chi connectivity index (χ2v) is 7.27. The number of nitrogens with two attached hydrogens (primary N) is 1. The molecule has 4 aromatic rings. The number of nitrogens with one attached hydrogen (secondary N) is 1. The van der Waals surface area contributed by atoms with Gasteiger partial charge in [-0.1, -0.05) is 0 Å². The molecule has 4 rings (SSSR count). The normalized spacial score (nSPS) is 11.4. The molecule has 0 aliphatic heterocycles.